The first-order valence-corrected chi connectivity index (χ1v) is 14.3. The van der Waals surface area contributed by atoms with Gasteiger partial charge in [0.2, 0.25) is 25.8 Å². The Labute approximate surface area is 189 Å². The Morgan fingerprint density at radius 1 is 1.03 bits per heavy atom. The molecule has 1 aliphatic rings. The summed E-state index contributed by atoms with van der Waals surface area (Å²) < 4.78 is 53.6. The number of carbonyl (C=O) groups is 1. The Kier molecular flexibility index (Phi) is 6.31. The van der Waals surface area contributed by atoms with Gasteiger partial charge in [-0.05, 0) is 60.7 Å². The van der Waals surface area contributed by atoms with Crippen LogP contribution in [-0.4, -0.2) is 34.9 Å². The SMILES string of the molecule is O=C(c1cccs1)c1ccc(CNS(=O)(=O)c2ccc(N3CCCCS3(=O)=O)cc2)s1. The van der Waals surface area contributed by atoms with Gasteiger partial charge in [0.15, 0.2) is 0 Å². The molecule has 11 heteroatoms. The Morgan fingerprint density at radius 3 is 2.48 bits per heavy atom. The van der Waals surface area contributed by atoms with Gasteiger partial charge in [0.05, 0.1) is 26.1 Å². The van der Waals surface area contributed by atoms with Crippen LogP contribution in [0.5, 0.6) is 0 Å². The molecule has 2 aromatic heterocycles. The lowest BCUT2D eigenvalue weighted by Crippen LogP contribution is -2.37. The van der Waals surface area contributed by atoms with E-state index in [1.165, 1.54) is 51.2 Å². The zero-order valence-electron chi connectivity index (χ0n) is 16.4. The molecule has 3 aromatic rings. The van der Waals surface area contributed by atoms with E-state index >= 15 is 0 Å². The number of nitrogens with zero attached hydrogens (tertiary/aromatic N) is 1. The van der Waals surface area contributed by atoms with Crippen molar-refractivity contribution in [2.24, 2.45) is 0 Å². The second-order valence-electron chi connectivity index (χ2n) is 6.99. The molecule has 0 bridgehead atoms. The maximum Gasteiger partial charge on any atom is 0.240 e. The first-order chi connectivity index (χ1) is 14.8. The van der Waals surface area contributed by atoms with E-state index in [9.17, 15) is 21.6 Å². The Balaban J connectivity index is 1.43. The number of ketones is 1. The van der Waals surface area contributed by atoms with Crippen LogP contribution in [0.3, 0.4) is 0 Å². The molecular weight excluding hydrogens is 476 g/mol. The third-order valence-corrected chi connectivity index (χ3v) is 10.1. The van der Waals surface area contributed by atoms with Gasteiger partial charge in [-0.2, -0.15) is 0 Å². The molecule has 1 fully saturated rings. The number of nitrogens with one attached hydrogen (secondary N) is 1. The molecule has 0 unspecified atom stereocenters. The molecular formula is C20H20N2O5S4. The molecule has 7 nitrogen and oxygen atoms in total. The lowest BCUT2D eigenvalue weighted by atomic mass is 10.3. The van der Waals surface area contributed by atoms with Crippen molar-refractivity contribution >= 4 is 54.2 Å². The molecule has 1 aromatic carbocycles. The smallest absolute Gasteiger partial charge is 0.240 e. The summed E-state index contributed by atoms with van der Waals surface area (Å²) in [5.74, 6) is 0.0317. The Morgan fingerprint density at radius 2 is 1.81 bits per heavy atom. The molecule has 4 rings (SSSR count). The van der Waals surface area contributed by atoms with Crippen molar-refractivity contribution in [2.75, 3.05) is 16.6 Å². The highest BCUT2D eigenvalue weighted by Gasteiger charge is 2.26. The van der Waals surface area contributed by atoms with Crippen molar-refractivity contribution in [1.29, 1.82) is 0 Å². The molecule has 1 aliphatic heterocycles. The van der Waals surface area contributed by atoms with Gasteiger partial charge >= 0.3 is 0 Å². The number of anilines is 1. The maximum atomic E-state index is 12.6. The van der Waals surface area contributed by atoms with Gasteiger partial charge < -0.3 is 0 Å². The highest BCUT2D eigenvalue weighted by Crippen LogP contribution is 2.26. The van der Waals surface area contributed by atoms with Crippen LogP contribution in [0, 0.1) is 0 Å². The molecule has 1 saturated heterocycles. The van der Waals surface area contributed by atoms with E-state index in [1.54, 1.807) is 18.2 Å². The molecule has 1 N–H and O–H groups in total. The van der Waals surface area contributed by atoms with Crippen LogP contribution in [-0.2, 0) is 26.6 Å². The monoisotopic (exact) mass is 496 g/mol. The highest BCUT2D eigenvalue weighted by atomic mass is 32.2. The minimum absolute atomic E-state index is 0.0529. The molecule has 0 spiro atoms. The van der Waals surface area contributed by atoms with Crippen molar-refractivity contribution in [2.45, 2.75) is 24.3 Å². The fraction of sp³-hybridized carbons (Fsp3) is 0.250. The van der Waals surface area contributed by atoms with Crippen molar-refractivity contribution in [1.82, 2.24) is 4.72 Å². The van der Waals surface area contributed by atoms with Crippen LogP contribution in [0.25, 0.3) is 0 Å². The van der Waals surface area contributed by atoms with Crippen molar-refractivity contribution in [3.63, 3.8) is 0 Å². The third-order valence-electron chi connectivity index (χ3n) is 4.85. The van der Waals surface area contributed by atoms with Crippen molar-refractivity contribution < 1.29 is 21.6 Å². The predicted octanol–water partition coefficient (Wildman–Crippen LogP) is 3.45. The van der Waals surface area contributed by atoms with Crippen LogP contribution in [0.2, 0.25) is 0 Å². The first kappa shape index (κ1) is 22.2. The molecule has 3 heterocycles. The third kappa shape index (κ3) is 4.90. The molecule has 0 saturated carbocycles. The number of benzene rings is 1. The number of hydrogen-bond donors (Lipinski definition) is 1. The molecule has 0 aliphatic carbocycles. The molecule has 0 radical (unpaired) electrons. The van der Waals surface area contributed by atoms with Crippen molar-refractivity contribution in [3.8, 4) is 0 Å². The fourth-order valence-electron chi connectivity index (χ4n) is 3.24. The number of sulfonamides is 2. The lowest BCUT2D eigenvalue weighted by molar-refractivity contribution is 0.104. The van der Waals surface area contributed by atoms with Gasteiger partial charge in [-0.15, -0.1) is 22.7 Å². The first-order valence-electron chi connectivity index (χ1n) is 9.53. The van der Waals surface area contributed by atoms with Gasteiger partial charge in [-0.3, -0.25) is 9.10 Å². The molecule has 0 amide bonds. The maximum absolute atomic E-state index is 12.6. The Bertz CT molecular complexity index is 1280. The second kappa shape index (κ2) is 8.83. The summed E-state index contributed by atoms with van der Waals surface area (Å²) in [7, 11) is -7.13. The number of thiophene rings is 2. The van der Waals surface area contributed by atoms with Crippen LogP contribution in [0.4, 0.5) is 5.69 Å². The van der Waals surface area contributed by atoms with E-state index in [2.05, 4.69) is 4.72 Å². The fourth-order valence-corrected chi connectivity index (χ4v) is 7.63. The van der Waals surface area contributed by atoms with Crippen LogP contribution in [0.1, 0.15) is 32.3 Å². The largest absolute Gasteiger partial charge is 0.287 e. The normalized spacial score (nSPS) is 16.3. The summed E-state index contributed by atoms with van der Waals surface area (Å²) in [4.78, 5) is 14.4. The number of hydrogen-bond acceptors (Lipinski definition) is 7. The van der Waals surface area contributed by atoms with E-state index in [-0.39, 0.29) is 23.0 Å². The van der Waals surface area contributed by atoms with Crippen molar-refractivity contribution in [3.05, 3.63) is 68.5 Å². The van der Waals surface area contributed by atoms with Crippen LogP contribution in [0.15, 0.2) is 58.8 Å². The zero-order chi connectivity index (χ0) is 22.1. The molecule has 0 atom stereocenters. The summed E-state index contributed by atoms with van der Waals surface area (Å²) in [5, 5.41) is 1.84. The standard InChI is InChI=1S/C20H20N2O5S4/c23-20(18-4-3-12-28-18)19-10-7-16(29-19)14-21-31(26,27)17-8-5-15(6-9-17)22-11-1-2-13-30(22,24)25/h3-10,12,21H,1-2,11,13-14H2. The minimum atomic E-state index is -3.78. The zero-order valence-corrected chi connectivity index (χ0v) is 19.6. The van der Waals surface area contributed by atoms with Crippen LogP contribution >= 0.6 is 22.7 Å². The van der Waals surface area contributed by atoms with Gasteiger partial charge in [0.25, 0.3) is 0 Å². The molecule has 164 valence electrons. The Hall–Kier alpha value is -2.05. The lowest BCUT2D eigenvalue weighted by Gasteiger charge is -2.28. The average Bonchev–Trinajstić information content (AvgIpc) is 3.44. The number of rotatable bonds is 7. The van der Waals surface area contributed by atoms with E-state index in [0.29, 0.717) is 28.4 Å². The molecule has 31 heavy (non-hydrogen) atoms. The summed E-state index contributed by atoms with van der Waals surface area (Å²) in [6.07, 6.45) is 1.41. The summed E-state index contributed by atoms with van der Waals surface area (Å²) in [6, 6.07) is 12.8. The topological polar surface area (TPSA) is 101 Å². The van der Waals surface area contributed by atoms with Gasteiger partial charge in [0, 0.05) is 18.0 Å². The van der Waals surface area contributed by atoms with Crippen LogP contribution < -0.4 is 9.03 Å². The highest BCUT2D eigenvalue weighted by molar-refractivity contribution is 7.92. The van der Waals surface area contributed by atoms with E-state index in [1.807, 2.05) is 11.4 Å². The number of carbonyl (C=O) groups excluding carboxylic acids is 1. The van der Waals surface area contributed by atoms with Gasteiger partial charge in [-0.25, -0.2) is 21.6 Å². The second-order valence-corrected chi connectivity index (χ2v) is 12.9. The van der Waals surface area contributed by atoms with E-state index in [4.69, 9.17) is 0 Å². The van der Waals surface area contributed by atoms with E-state index < -0.39 is 20.0 Å². The average molecular weight is 497 g/mol. The van der Waals surface area contributed by atoms with E-state index in [0.717, 1.165) is 11.3 Å². The minimum Gasteiger partial charge on any atom is -0.287 e. The summed E-state index contributed by atoms with van der Waals surface area (Å²) in [5.41, 5.74) is 0.466. The van der Waals surface area contributed by atoms with Gasteiger partial charge in [0.1, 0.15) is 0 Å². The summed E-state index contributed by atoms with van der Waals surface area (Å²) in [6.45, 7) is 0.463. The quantitative estimate of drug-likeness (QED) is 0.505. The van der Waals surface area contributed by atoms with Gasteiger partial charge in [-0.1, -0.05) is 6.07 Å². The predicted molar refractivity (Wildman–Crippen MR) is 123 cm³/mol. The summed E-state index contributed by atoms with van der Waals surface area (Å²) >= 11 is 2.62.